The van der Waals surface area contributed by atoms with Gasteiger partial charge in [0, 0.05) is 119 Å². The lowest BCUT2D eigenvalue weighted by atomic mass is 10.1. The summed E-state index contributed by atoms with van der Waals surface area (Å²) in [4.78, 5) is 65.8. The smallest absolute Gasteiger partial charge is 0.264 e. The molecule has 1 aliphatic carbocycles. The monoisotopic (exact) mass is 1260 g/mol. The average Bonchev–Trinajstić information content (AvgIpc) is 3.66. The topological polar surface area (TPSA) is 174 Å². The van der Waals surface area contributed by atoms with Crippen LogP contribution in [0.3, 0.4) is 0 Å². The van der Waals surface area contributed by atoms with Crippen LogP contribution in [0.15, 0.2) is 161 Å². The number of aromatic amines is 1. The number of hydrogen-bond acceptors (Lipinski definition) is 11. The second-order valence-corrected chi connectivity index (χ2v) is 26.3. The third kappa shape index (κ3) is 24.9. The summed E-state index contributed by atoms with van der Waals surface area (Å²) in [5, 5.41) is 1.12. The van der Waals surface area contributed by atoms with E-state index < -0.39 is 10.0 Å². The van der Waals surface area contributed by atoms with Crippen LogP contribution in [-0.4, -0.2) is 112 Å². The molecular weight excluding hydrogens is 1170 g/mol. The highest BCUT2D eigenvalue weighted by Gasteiger charge is 2.28. The van der Waals surface area contributed by atoms with E-state index in [-0.39, 0.29) is 29.0 Å². The molecule has 87 heavy (non-hydrogen) atoms. The number of nitrogens with one attached hydrogen (secondary N) is 2. The van der Waals surface area contributed by atoms with Crippen molar-refractivity contribution in [3.63, 3.8) is 0 Å². The highest BCUT2D eigenvalue weighted by Crippen LogP contribution is 2.25. The normalized spacial score (nSPS) is 14.0. The van der Waals surface area contributed by atoms with Gasteiger partial charge in [-0.15, -0.1) is 11.3 Å². The molecule has 3 aromatic carbocycles. The van der Waals surface area contributed by atoms with Crippen molar-refractivity contribution < 1.29 is 18.0 Å². The van der Waals surface area contributed by atoms with Crippen LogP contribution >= 0.6 is 34.5 Å². The van der Waals surface area contributed by atoms with Gasteiger partial charge >= 0.3 is 0 Å². The van der Waals surface area contributed by atoms with Gasteiger partial charge in [-0.1, -0.05) is 94.5 Å². The van der Waals surface area contributed by atoms with E-state index in [9.17, 15) is 27.6 Å². The molecule has 8 heterocycles. The molecule has 2 fully saturated rings. The van der Waals surface area contributed by atoms with E-state index in [2.05, 4.69) is 81.6 Å². The van der Waals surface area contributed by atoms with Crippen LogP contribution in [0.4, 0.5) is 0 Å². The van der Waals surface area contributed by atoms with Gasteiger partial charge < -0.3 is 19.4 Å². The summed E-state index contributed by atoms with van der Waals surface area (Å²) >= 11 is 12.7. The van der Waals surface area contributed by atoms with Crippen LogP contribution in [-0.2, 0) is 36.7 Å². The number of thiophene rings is 1. The number of sulfonamides is 1. The third-order valence-electron chi connectivity index (χ3n) is 13.9. The first-order chi connectivity index (χ1) is 41.1. The Bertz CT molecular complexity index is 3650. The van der Waals surface area contributed by atoms with E-state index >= 15 is 0 Å². The number of aromatic nitrogens is 4. The Labute approximate surface area is 529 Å². The highest BCUT2D eigenvalue weighted by molar-refractivity contribution is 7.89. The summed E-state index contributed by atoms with van der Waals surface area (Å²) < 4.78 is 27.6. The van der Waals surface area contributed by atoms with Gasteiger partial charge in [-0.3, -0.25) is 29.0 Å². The summed E-state index contributed by atoms with van der Waals surface area (Å²) in [6, 6.07) is 38.4. The first-order valence-corrected chi connectivity index (χ1v) is 32.0. The Hall–Kier alpha value is -7.09. The van der Waals surface area contributed by atoms with E-state index in [4.69, 9.17) is 23.2 Å². The first-order valence-electron chi connectivity index (χ1n) is 28.9. The fourth-order valence-electron chi connectivity index (χ4n) is 8.86. The number of benzene rings is 3. The van der Waals surface area contributed by atoms with Crippen LogP contribution in [0.25, 0.3) is 0 Å². The van der Waals surface area contributed by atoms with Crippen molar-refractivity contribution in [2.45, 2.75) is 119 Å². The SMILES string of the molecule is Cc1ccc(=O)[nH]c1.Cc1ccc(=O)n(C)c1.Cc1ccc(C(=O)N2CCN(C(C)C)CC2)s1.Cc1ccc(S(=O)(=O)NC2CC2)cc1.Cc1ccc2c(c1)CN(C)C2.Cc1ccc2c(c1)CN(C)C2=O.Cc1ccnc(Cl)c1.Cc1ccnc(Cl)c1. The Kier molecular flexibility index (Phi) is 28.0. The summed E-state index contributed by atoms with van der Waals surface area (Å²) in [5.74, 6) is 0.344. The lowest BCUT2D eigenvalue weighted by Crippen LogP contribution is -2.50. The van der Waals surface area contributed by atoms with Gasteiger partial charge in [0.05, 0.1) is 9.77 Å². The molecule has 0 bridgehead atoms. The number of pyridine rings is 4. The van der Waals surface area contributed by atoms with Gasteiger partial charge in [0.1, 0.15) is 10.3 Å². The summed E-state index contributed by atoms with van der Waals surface area (Å²) in [7, 11) is 2.47. The minimum atomic E-state index is -3.26. The molecule has 2 amide bonds. The van der Waals surface area contributed by atoms with E-state index in [1.807, 2.05) is 133 Å². The van der Waals surface area contributed by atoms with Crippen molar-refractivity contribution in [1.29, 1.82) is 0 Å². The van der Waals surface area contributed by atoms with Crippen molar-refractivity contribution >= 4 is 56.4 Å². The number of hydrogen-bond donors (Lipinski definition) is 2. The predicted molar refractivity (Wildman–Crippen MR) is 356 cm³/mol. The zero-order valence-electron chi connectivity index (χ0n) is 52.5. The van der Waals surface area contributed by atoms with Crippen molar-refractivity contribution in [3.8, 4) is 0 Å². The Morgan fingerprint density at radius 1 is 0.609 bits per heavy atom. The number of rotatable bonds is 5. The fourth-order valence-corrected chi connectivity index (χ4v) is 11.5. The molecule has 5 aromatic heterocycles. The summed E-state index contributed by atoms with van der Waals surface area (Å²) in [5.41, 5.74) is 13.1. The number of piperazine rings is 1. The van der Waals surface area contributed by atoms with Crippen molar-refractivity contribution in [2.75, 3.05) is 40.3 Å². The average molecular weight is 1260 g/mol. The van der Waals surface area contributed by atoms with Crippen molar-refractivity contribution in [1.82, 2.24) is 43.8 Å². The van der Waals surface area contributed by atoms with Gasteiger partial charge in [0.2, 0.25) is 21.1 Å². The van der Waals surface area contributed by atoms with Gasteiger partial charge in [-0.2, -0.15) is 0 Å². The molecule has 0 unspecified atom stereocenters. The number of carbonyl (C=O) groups is 2. The molecule has 8 aromatic rings. The number of H-pyrrole nitrogens is 1. The Balaban J connectivity index is 0.000000184. The van der Waals surface area contributed by atoms with Crippen LogP contribution in [0.1, 0.15) is 107 Å². The van der Waals surface area contributed by atoms with Crippen LogP contribution in [0.2, 0.25) is 10.3 Å². The largest absolute Gasteiger partial charge is 0.337 e. The van der Waals surface area contributed by atoms with Crippen molar-refractivity contribution in [2.24, 2.45) is 7.05 Å². The molecule has 0 spiro atoms. The molecule has 1 saturated carbocycles. The number of nitrogens with zero attached hydrogens (tertiary/aromatic N) is 7. The van der Waals surface area contributed by atoms with E-state index in [1.54, 1.807) is 70.7 Å². The maximum absolute atomic E-state index is 12.2. The second kappa shape index (κ2) is 34.5. The lowest BCUT2D eigenvalue weighted by Gasteiger charge is -2.36. The minimum Gasteiger partial charge on any atom is -0.337 e. The maximum Gasteiger partial charge on any atom is 0.264 e. The zero-order valence-corrected chi connectivity index (χ0v) is 55.7. The van der Waals surface area contributed by atoms with Crippen molar-refractivity contribution in [3.05, 3.63) is 248 Å². The molecule has 2 N–H and O–H groups in total. The second-order valence-electron chi connectivity index (χ2n) is 22.5. The Morgan fingerprint density at radius 2 is 1.15 bits per heavy atom. The first kappa shape index (κ1) is 70.7. The number of fused-ring (bicyclic) bond motifs is 2. The lowest BCUT2D eigenvalue weighted by molar-refractivity contribution is 0.0600. The number of carbonyl (C=O) groups excluding carboxylic acids is 2. The van der Waals surface area contributed by atoms with Gasteiger partial charge in [-0.05, 0) is 183 Å². The minimum absolute atomic E-state index is 0.0422. The summed E-state index contributed by atoms with van der Waals surface area (Å²) in [6.45, 7) is 27.1. The zero-order chi connectivity index (χ0) is 64.0. The van der Waals surface area contributed by atoms with E-state index in [0.29, 0.717) is 21.2 Å². The van der Waals surface area contributed by atoms with Crippen LogP contribution < -0.4 is 15.8 Å². The molecule has 464 valence electrons. The van der Waals surface area contributed by atoms with Gasteiger partial charge in [0.15, 0.2) is 0 Å². The molecule has 1 saturated heterocycles. The molecule has 19 heteroatoms. The van der Waals surface area contributed by atoms with Crippen LogP contribution in [0, 0.1) is 55.4 Å². The molecule has 0 radical (unpaired) electrons. The van der Waals surface area contributed by atoms with E-state index in [0.717, 1.165) is 102 Å². The maximum atomic E-state index is 12.2. The molecular formula is C68H85Cl2N9O6S2. The third-order valence-corrected chi connectivity index (χ3v) is 16.9. The highest BCUT2D eigenvalue weighted by atomic mass is 35.5. The quantitative estimate of drug-likeness (QED) is 0.158. The Morgan fingerprint density at radius 3 is 1.63 bits per heavy atom. The standard InChI is InChI=1S/C13H20N2OS.C10H13NO2S.C10H11NO.C10H13N.C7H9NO.2C6H6ClN.C6H7NO/c1-10(2)14-6-8-15(9-7-14)13(16)12-5-4-11(3)17-12;1-8-2-6-10(7-3-8)14(12,13)11-9-4-5-9;1-7-3-4-9-8(5-7)6-11(2)10(9)12;1-8-3-4-9-6-11(2)7-10(9)5-8;1-6-3-4-7(9)8(2)5-6;2*1-5-2-3-8-6(7)4-5;1-5-2-3-6(8)7-4-5/h4-5,10H,6-9H2,1-3H3;2-3,6-7,9,11H,4-5H2,1H3;3-5H,6H2,1-2H3;3-5H,6-7H2,1-2H3;3-5H,1-2H3;2*2-4H,1H3;2-4H,1H3,(H,7,8). The molecule has 15 nitrogen and oxygen atoms in total. The predicted octanol–water partition coefficient (Wildman–Crippen LogP) is 12.6. The summed E-state index contributed by atoms with van der Waals surface area (Å²) in [6.07, 6.45) is 8.80. The number of aryl methyl sites for hydroxylation is 9. The number of amides is 2. The van der Waals surface area contributed by atoms with Gasteiger partial charge in [0.25, 0.3) is 11.8 Å². The fraction of sp³-hybridized carbons (Fsp3) is 0.353. The molecule has 4 aliphatic rings. The molecule has 12 rings (SSSR count). The van der Waals surface area contributed by atoms with Crippen LogP contribution in [0.5, 0.6) is 0 Å². The van der Waals surface area contributed by atoms with E-state index in [1.165, 1.54) is 33.2 Å². The molecule has 3 aliphatic heterocycles. The molecule has 0 atom stereocenters. The van der Waals surface area contributed by atoms with Gasteiger partial charge in [-0.25, -0.2) is 23.1 Å². The number of halogens is 2.